The molecule has 43 heavy (non-hydrogen) atoms. The van der Waals surface area contributed by atoms with E-state index in [1.165, 1.54) is 12.1 Å². The van der Waals surface area contributed by atoms with Gasteiger partial charge in [0.2, 0.25) is 11.2 Å². The summed E-state index contributed by atoms with van der Waals surface area (Å²) in [6.45, 7) is -0.229. The summed E-state index contributed by atoms with van der Waals surface area (Å²) in [5.74, 6) is -0.470. The van der Waals surface area contributed by atoms with Crippen LogP contribution in [0, 0.1) is 0 Å². The fraction of sp³-hybridized carbons (Fsp3) is 0.304. The highest BCUT2D eigenvalue weighted by molar-refractivity contribution is 14.2. The maximum absolute atomic E-state index is 12.4. The van der Waals surface area contributed by atoms with Crippen molar-refractivity contribution in [3.8, 4) is 5.75 Å². The quantitative estimate of drug-likeness (QED) is 0.0779. The second-order valence-electron chi connectivity index (χ2n) is 9.20. The van der Waals surface area contributed by atoms with Crippen molar-refractivity contribution in [2.45, 2.75) is 31.1 Å². The first-order chi connectivity index (χ1) is 20.5. The Bertz CT molecular complexity index is 1650. The number of aliphatic hydroxyl groups excluding tert-OH is 2. The molecule has 0 radical (unpaired) electrons. The van der Waals surface area contributed by atoms with Crippen LogP contribution in [0.3, 0.4) is 0 Å². The van der Waals surface area contributed by atoms with Crippen molar-refractivity contribution >= 4 is 73.8 Å². The van der Waals surface area contributed by atoms with Crippen molar-refractivity contribution in [3.05, 3.63) is 70.5 Å². The van der Waals surface area contributed by atoms with Crippen LogP contribution in [0.1, 0.15) is 11.8 Å². The molecule has 1 saturated heterocycles. The standard InChI is InChI=1S/C23H23Cl2IN6O9P2/c24-15-9-5-4-6-13(15)10-27-20-17-21(29-23(25)28-20)32(31-30-17)22-19(34)18(33)16(40-22)11-39-42(26-35,12-43(36,37)38)41-14-7-2-1-3-8-14/h1-9,16,18-19,22,33-34H,10-12H2,(H2-,27,28,29,36,37,38)/p+1/t16-,18-,19-,22-,42?/m1/s1. The van der Waals surface area contributed by atoms with Crippen molar-refractivity contribution in [2.24, 2.45) is 0 Å². The first kappa shape index (κ1) is 32.4. The number of hydrogen-bond donors (Lipinski definition) is 5. The third-order valence-corrected chi connectivity index (χ3v) is 16.7. The van der Waals surface area contributed by atoms with Gasteiger partial charge in [-0.3, -0.25) is 4.57 Å². The van der Waals surface area contributed by atoms with E-state index in [1.54, 1.807) is 30.3 Å². The highest BCUT2D eigenvalue weighted by atomic mass is 127. The largest absolute Gasteiger partial charge is 0.422 e. The normalized spacial score (nSPS) is 22.0. The minimum atomic E-state index is -4.73. The Labute approximate surface area is 264 Å². The number of nitrogens with one attached hydrogen (secondary N) is 1. The summed E-state index contributed by atoms with van der Waals surface area (Å²) >= 11 is 10.2. The average Bonchev–Trinajstić information content (AvgIpc) is 3.51. The van der Waals surface area contributed by atoms with Gasteiger partial charge in [-0.25, -0.2) is 3.07 Å². The highest BCUT2D eigenvalue weighted by Crippen LogP contribution is 2.76. The molecule has 5 N–H and O–H groups in total. The Morgan fingerprint density at radius 3 is 2.49 bits per heavy atom. The van der Waals surface area contributed by atoms with E-state index in [0.717, 1.165) is 10.2 Å². The molecule has 1 fully saturated rings. The van der Waals surface area contributed by atoms with Crippen molar-refractivity contribution in [3.63, 3.8) is 0 Å². The zero-order valence-electron chi connectivity index (χ0n) is 21.7. The van der Waals surface area contributed by atoms with E-state index in [9.17, 15) is 27.6 Å². The summed E-state index contributed by atoms with van der Waals surface area (Å²) in [4.78, 5) is 27.7. The van der Waals surface area contributed by atoms with Crippen molar-refractivity contribution in [1.82, 2.24) is 25.0 Å². The number of ether oxygens (including phenoxy) is 1. The van der Waals surface area contributed by atoms with E-state index in [-0.39, 0.29) is 34.6 Å². The second-order valence-corrected chi connectivity index (χ2v) is 19.8. The van der Waals surface area contributed by atoms with Crippen LogP contribution >= 0.6 is 56.8 Å². The maximum Gasteiger partial charge on any atom is 0.422 e. The lowest BCUT2D eigenvalue weighted by atomic mass is 10.1. The summed E-state index contributed by atoms with van der Waals surface area (Å²) in [6, 6.07) is 15.2. The topological polar surface area (TPSA) is 211 Å². The van der Waals surface area contributed by atoms with Crippen LogP contribution in [0.5, 0.6) is 5.75 Å². The van der Waals surface area contributed by atoms with Gasteiger partial charge in [-0.05, 0) is 35.4 Å². The molecule has 15 nitrogen and oxygen atoms in total. The lowest BCUT2D eigenvalue weighted by molar-refractivity contribution is -0.0539. The van der Waals surface area contributed by atoms with E-state index < -0.39 is 70.6 Å². The van der Waals surface area contributed by atoms with E-state index >= 15 is 0 Å². The van der Waals surface area contributed by atoms with Gasteiger partial charge in [-0.15, -0.1) is 5.10 Å². The van der Waals surface area contributed by atoms with Crippen LogP contribution in [0.25, 0.3) is 11.2 Å². The number of para-hydroxylation sites is 1. The number of hydrogen-bond acceptors (Lipinski definition) is 12. The molecule has 0 amide bonds. The van der Waals surface area contributed by atoms with E-state index in [2.05, 4.69) is 25.6 Å². The lowest BCUT2D eigenvalue weighted by Crippen LogP contribution is -2.34. The molecule has 1 aliphatic heterocycles. The van der Waals surface area contributed by atoms with Crippen molar-refractivity contribution < 1.29 is 41.4 Å². The van der Waals surface area contributed by atoms with Crippen molar-refractivity contribution in [2.75, 3.05) is 17.8 Å². The van der Waals surface area contributed by atoms with Gasteiger partial charge in [-0.2, -0.15) is 19.2 Å². The molecule has 20 heteroatoms. The predicted octanol–water partition coefficient (Wildman–Crippen LogP) is 4.07. The summed E-state index contributed by atoms with van der Waals surface area (Å²) in [6.07, 6.45) is -5.65. The van der Waals surface area contributed by atoms with Gasteiger partial charge in [0.25, 0.3) is 0 Å². The summed E-state index contributed by atoms with van der Waals surface area (Å²) in [5, 5.41) is 29.6. The number of nitrogens with zero attached hydrogens (tertiary/aromatic N) is 5. The molecule has 3 heterocycles. The molecule has 2 aromatic heterocycles. The van der Waals surface area contributed by atoms with Crippen LogP contribution < -0.4 is 9.84 Å². The number of fused-ring (bicyclic) bond motifs is 1. The first-order valence-electron chi connectivity index (χ1n) is 12.4. The van der Waals surface area contributed by atoms with Crippen LogP contribution in [0.15, 0.2) is 54.6 Å². The second kappa shape index (κ2) is 13.6. The summed E-state index contributed by atoms with van der Waals surface area (Å²) in [7, 11) is -4.73. The van der Waals surface area contributed by atoms with Gasteiger partial charge in [0.1, 0.15) is 24.9 Å². The molecule has 1 aliphatic rings. The van der Waals surface area contributed by atoms with Gasteiger partial charge >= 0.3 is 33.6 Å². The third kappa shape index (κ3) is 7.65. The van der Waals surface area contributed by atoms with Gasteiger partial charge in [0.15, 0.2) is 29.0 Å². The Morgan fingerprint density at radius 1 is 1.07 bits per heavy atom. The molecular formula is C23H24Cl2IN6O9P2+. The molecule has 0 aliphatic carbocycles. The fourth-order valence-electron chi connectivity index (χ4n) is 4.18. The molecule has 0 bridgehead atoms. The molecule has 5 atom stereocenters. The van der Waals surface area contributed by atoms with Crippen LogP contribution in [0.4, 0.5) is 5.82 Å². The van der Waals surface area contributed by atoms with E-state index in [0.29, 0.717) is 5.02 Å². The number of aliphatic hydroxyl groups is 2. The van der Waals surface area contributed by atoms with E-state index in [4.69, 9.17) is 37.0 Å². The van der Waals surface area contributed by atoms with Gasteiger partial charge in [0, 0.05) is 11.6 Å². The number of halogens is 3. The molecule has 0 spiro atoms. The molecule has 230 valence electrons. The van der Waals surface area contributed by atoms with Gasteiger partial charge in [-0.1, -0.05) is 53.2 Å². The zero-order valence-corrected chi connectivity index (χ0v) is 27.2. The average molecular weight is 788 g/mol. The monoisotopic (exact) mass is 787 g/mol. The number of benzene rings is 2. The predicted molar refractivity (Wildman–Crippen MR) is 164 cm³/mol. The number of aromatic nitrogens is 5. The van der Waals surface area contributed by atoms with Crippen LogP contribution in [-0.2, 0) is 23.4 Å². The third-order valence-electron chi connectivity index (χ3n) is 6.15. The molecule has 0 saturated carbocycles. The molecule has 5 rings (SSSR count). The highest BCUT2D eigenvalue weighted by Gasteiger charge is 2.55. The zero-order chi connectivity index (χ0) is 30.8. The Morgan fingerprint density at radius 2 is 1.79 bits per heavy atom. The Hall–Kier alpha value is -1.95. The molecule has 2 aromatic carbocycles. The van der Waals surface area contributed by atoms with E-state index in [1.807, 2.05) is 12.1 Å². The lowest BCUT2D eigenvalue weighted by Gasteiger charge is -2.20. The van der Waals surface area contributed by atoms with Gasteiger partial charge in [0.05, 0.1) is 0 Å². The fourth-order valence-corrected chi connectivity index (χ4v) is 14.4. The Balaban J connectivity index is 1.35. The maximum atomic E-state index is 12.4. The number of rotatable bonds is 12. The minimum Gasteiger partial charge on any atom is -0.387 e. The van der Waals surface area contributed by atoms with Gasteiger partial charge < -0.3 is 34.6 Å². The SMILES string of the molecule is O=I[P+](CP(=O)(O)O)(OC[C@H]1O[C@@H](n2nnc3c(NCc4ccccc4Cl)nc(Cl)nc32)[C@H](O)[C@@H]1O)Oc1ccccc1. The molecule has 4 aromatic rings. The minimum absolute atomic E-state index is 0.0839. The molecule has 1 unspecified atom stereocenters. The van der Waals surface area contributed by atoms with Crippen LogP contribution in [0.2, 0.25) is 10.3 Å². The summed E-state index contributed by atoms with van der Waals surface area (Å²) in [5.41, 5.74) is 1.07. The number of anilines is 1. The first-order valence-corrected chi connectivity index (χ1v) is 20.4. The smallest absolute Gasteiger partial charge is 0.387 e. The summed E-state index contributed by atoms with van der Waals surface area (Å²) < 4.78 is 42.8. The Kier molecular flexibility index (Phi) is 10.2. The van der Waals surface area contributed by atoms with Crippen LogP contribution in [-0.4, -0.2) is 75.8 Å². The molecular weight excluding hydrogens is 764 g/mol. The van der Waals surface area contributed by atoms with Crippen molar-refractivity contribution in [1.29, 1.82) is 0 Å².